The van der Waals surface area contributed by atoms with Crippen LogP contribution in [0.1, 0.15) is 30.1 Å². The average Bonchev–Trinajstić information content (AvgIpc) is 2.48. The van der Waals surface area contributed by atoms with Crippen molar-refractivity contribution in [3.8, 4) is 0 Å². The SMILES string of the molecule is CC(NC(CN)c1ccc(F)c(F)c1)c1ccccc1. The monoisotopic (exact) mass is 276 g/mol. The Morgan fingerprint density at radius 3 is 2.30 bits per heavy atom. The lowest BCUT2D eigenvalue weighted by molar-refractivity contribution is 0.464. The molecule has 0 aromatic heterocycles. The van der Waals surface area contributed by atoms with Gasteiger partial charge >= 0.3 is 0 Å². The summed E-state index contributed by atoms with van der Waals surface area (Å²) in [7, 11) is 0. The van der Waals surface area contributed by atoms with Crippen LogP contribution >= 0.6 is 0 Å². The van der Waals surface area contributed by atoms with Crippen molar-refractivity contribution in [2.24, 2.45) is 5.73 Å². The smallest absolute Gasteiger partial charge is 0.159 e. The van der Waals surface area contributed by atoms with E-state index < -0.39 is 11.6 Å². The third-order valence-corrected chi connectivity index (χ3v) is 3.33. The highest BCUT2D eigenvalue weighted by molar-refractivity contribution is 5.23. The van der Waals surface area contributed by atoms with Gasteiger partial charge in [0.15, 0.2) is 11.6 Å². The Morgan fingerprint density at radius 1 is 1.00 bits per heavy atom. The third kappa shape index (κ3) is 3.40. The molecule has 20 heavy (non-hydrogen) atoms. The van der Waals surface area contributed by atoms with E-state index in [1.807, 2.05) is 37.3 Å². The molecule has 0 aliphatic carbocycles. The highest BCUT2D eigenvalue weighted by Crippen LogP contribution is 2.20. The van der Waals surface area contributed by atoms with Crippen molar-refractivity contribution >= 4 is 0 Å². The summed E-state index contributed by atoms with van der Waals surface area (Å²) in [6, 6.07) is 13.6. The summed E-state index contributed by atoms with van der Waals surface area (Å²) in [5.41, 5.74) is 7.51. The topological polar surface area (TPSA) is 38.0 Å². The number of hydrogen-bond acceptors (Lipinski definition) is 2. The number of nitrogens with one attached hydrogen (secondary N) is 1. The second-order valence-electron chi connectivity index (χ2n) is 4.76. The van der Waals surface area contributed by atoms with Gasteiger partial charge in [0.2, 0.25) is 0 Å². The number of nitrogens with two attached hydrogens (primary N) is 1. The molecule has 2 aromatic carbocycles. The molecule has 3 N–H and O–H groups in total. The fourth-order valence-electron chi connectivity index (χ4n) is 2.17. The lowest BCUT2D eigenvalue weighted by Crippen LogP contribution is -2.30. The van der Waals surface area contributed by atoms with E-state index >= 15 is 0 Å². The van der Waals surface area contributed by atoms with Crippen LogP contribution in [0.2, 0.25) is 0 Å². The zero-order valence-electron chi connectivity index (χ0n) is 11.3. The fraction of sp³-hybridized carbons (Fsp3) is 0.250. The van der Waals surface area contributed by atoms with Gasteiger partial charge in [-0.1, -0.05) is 36.4 Å². The minimum absolute atomic E-state index is 0.0675. The average molecular weight is 276 g/mol. The Hall–Kier alpha value is -1.78. The lowest BCUT2D eigenvalue weighted by atomic mass is 10.0. The molecule has 2 rings (SSSR count). The molecule has 4 heteroatoms. The Labute approximate surface area is 117 Å². The van der Waals surface area contributed by atoms with E-state index in [9.17, 15) is 8.78 Å². The highest BCUT2D eigenvalue weighted by atomic mass is 19.2. The second kappa shape index (κ2) is 6.59. The molecule has 2 atom stereocenters. The lowest BCUT2D eigenvalue weighted by Gasteiger charge is -2.23. The van der Waals surface area contributed by atoms with Crippen LogP contribution in [0.4, 0.5) is 8.78 Å². The van der Waals surface area contributed by atoms with Gasteiger partial charge in [0, 0.05) is 18.6 Å². The maximum atomic E-state index is 13.3. The first-order valence-electron chi connectivity index (χ1n) is 6.58. The molecule has 0 fully saturated rings. The molecule has 0 saturated carbocycles. The molecule has 0 bridgehead atoms. The molecule has 0 saturated heterocycles. The number of hydrogen-bond donors (Lipinski definition) is 2. The van der Waals surface area contributed by atoms with Crippen molar-refractivity contribution in [3.05, 3.63) is 71.3 Å². The Morgan fingerprint density at radius 2 is 1.70 bits per heavy atom. The van der Waals surface area contributed by atoms with E-state index in [0.29, 0.717) is 12.1 Å². The molecule has 0 amide bonds. The van der Waals surface area contributed by atoms with Crippen molar-refractivity contribution in [2.75, 3.05) is 6.54 Å². The first kappa shape index (κ1) is 14.6. The summed E-state index contributed by atoms with van der Waals surface area (Å²) in [5.74, 6) is -1.70. The normalized spacial score (nSPS) is 14.0. The number of halogens is 2. The standard InChI is InChI=1S/C16H18F2N2/c1-11(12-5-3-2-4-6-12)20-16(10-19)13-7-8-14(17)15(18)9-13/h2-9,11,16,20H,10,19H2,1H3. The van der Waals surface area contributed by atoms with E-state index in [1.165, 1.54) is 6.07 Å². The summed E-state index contributed by atoms with van der Waals surface area (Å²) < 4.78 is 26.3. The van der Waals surface area contributed by atoms with Crippen LogP contribution in [0, 0.1) is 11.6 Å². The molecule has 2 nitrogen and oxygen atoms in total. The van der Waals surface area contributed by atoms with Gasteiger partial charge < -0.3 is 11.1 Å². The Bertz CT molecular complexity index is 558. The maximum Gasteiger partial charge on any atom is 0.159 e. The van der Waals surface area contributed by atoms with Crippen LogP contribution in [0.3, 0.4) is 0 Å². The minimum Gasteiger partial charge on any atom is -0.329 e. The van der Waals surface area contributed by atoms with Crippen molar-refractivity contribution in [2.45, 2.75) is 19.0 Å². The van der Waals surface area contributed by atoms with Crippen LogP contribution in [0.5, 0.6) is 0 Å². The largest absolute Gasteiger partial charge is 0.329 e. The number of rotatable bonds is 5. The second-order valence-corrected chi connectivity index (χ2v) is 4.76. The summed E-state index contributed by atoms with van der Waals surface area (Å²) in [6.07, 6.45) is 0. The first-order chi connectivity index (χ1) is 9.61. The predicted octanol–water partition coefficient (Wildman–Crippen LogP) is 3.32. The van der Waals surface area contributed by atoms with Crippen molar-refractivity contribution in [3.63, 3.8) is 0 Å². The van der Waals surface area contributed by atoms with Crippen LogP contribution in [-0.4, -0.2) is 6.54 Å². The molecule has 106 valence electrons. The summed E-state index contributed by atoms with van der Waals surface area (Å²) in [6.45, 7) is 2.32. The molecule has 0 aliphatic heterocycles. The summed E-state index contributed by atoms with van der Waals surface area (Å²) >= 11 is 0. The zero-order valence-corrected chi connectivity index (χ0v) is 11.3. The molecule has 2 unspecified atom stereocenters. The molecular weight excluding hydrogens is 258 g/mol. The fourth-order valence-corrected chi connectivity index (χ4v) is 2.17. The van der Waals surface area contributed by atoms with E-state index in [2.05, 4.69) is 5.32 Å². The Balaban J connectivity index is 2.14. The van der Waals surface area contributed by atoms with Gasteiger partial charge in [0.1, 0.15) is 0 Å². The van der Waals surface area contributed by atoms with Crippen molar-refractivity contribution < 1.29 is 8.78 Å². The van der Waals surface area contributed by atoms with Gasteiger partial charge in [-0.2, -0.15) is 0 Å². The number of benzene rings is 2. The maximum absolute atomic E-state index is 13.3. The molecule has 0 radical (unpaired) electrons. The van der Waals surface area contributed by atoms with Crippen molar-refractivity contribution in [1.29, 1.82) is 0 Å². The van der Waals surface area contributed by atoms with Gasteiger partial charge in [-0.15, -0.1) is 0 Å². The summed E-state index contributed by atoms with van der Waals surface area (Å²) in [5, 5.41) is 3.33. The molecule has 0 spiro atoms. The van der Waals surface area contributed by atoms with Crippen LogP contribution < -0.4 is 11.1 Å². The zero-order chi connectivity index (χ0) is 14.5. The molecule has 2 aromatic rings. The van der Waals surface area contributed by atoms with Crippen LogP contribution in [-0.2, 0) is 0 Å². The van der Waals surface area contributed by atoms with Crippen LogP contribution in [0.25, 0.3) is 0 Å². The molecule has 0 aliphatic rings. The quantitative estimate of drug-likeness (QED) is 0.879. The van der Waals surface area contributed by atoms with E-state index in [0.717, 1.165) is 11.6 Å². The Kier molecular flexibility index (Phi) is 4.82. The highest BCUT2D eigenvalue weighted by Gasteiger charge is 2.15. The molecular formula is C16H18F2N2. The molecule has 0 heterocycles. The summed E-state index contributed by atoms with van der Waals surface area (Å²) in [4.78, 5) is 0. The van der Waals surface area contributed by atoms with Gasteiger partial charge in [-0.3, -0.25) is 0 Å². The van der Waals surface area contributed by atoms with Gasteiger partial charge in [0.05, 0.1) is 0 Å². The minimum atomic E-state index is -0.852. The van der Waals surface area contributed by atoms with Gasteiger partial charge in [-0.05, 0) is 30.2 Å². The predicted molar refractivity (Wildman–Crippen MR) is 76.1 cm³/mol. The van der Waals surface area contributed by atoms with Gasteiger partial charge in [0.25, 0.3) is 0 Å². The van der Waals surface area contributed by atoms with Crippen LogP contribution in [0.15, 0.2) is 48.5 Å². The third-order valence-electron chi connectivity index (χ3n) is 3.33. The van der Waals surface area contributed by atoms with E-state index in [-0.39, 0.29) is 12.1 Å². The first-order valence-corrected chi connectivity index (χ1v) is 6.58. The van der Waals surface area contributed by atoms with E-state index in [4.69, 9.17) is 5.73 Å². The van der Waals surface area contributed by atoms with Crippen molar-refractivity contribution in [1.82, 2.24) is 5.32 Å². The van der Waals surface area contributed by atoms with E-state index in [1.54, 1.807) is 6.07 Å². The van der Waals surface area contributed by atoms with Gasteiger partial charge in [-0.25, -0.2) is 8.78 Å².